The first kappa shape index (κ1) is 14.0. The van der Waals surface area contributed by atoms with Crippen LogP contribution < -0.4 is 4.74 Å². The molecule has 1 N–H and O–H groups in total. The summed E-state index contributed by atoms with van der Waals surface area (Å²) in [6.07, 6.45) is 0.468. The van der Waals surface area contributed by atoms with Gasteiger partial charge in [-0.25, -0.2) is 0 Å². The summed E-state index contributed by atoms with van der Waals surface area (Å²) in [5.41, 5.74) is 0.921. The van der Waals surface area contributed by atoms with E-state index in [1.54, 1.807) is 0 Å². The summed E-state index contributed by atoms with van der Waals surface area (Å²) in [6, 6.07) is 7.70. The first-order chi connectivity index (χ1) is 7.99. The largest absolute Gasteiger partial charge is 0.491 e. The van der Waals surface area contributed by atoms with E-state index in [1.807, 2.05) is 52.2 Å². The van der Waals surface area contributed by atoms with Crippen LogP contribution in [0.2, 0.25) is 0 Å². The third-order valence-electron chi connectivity index (χ3n) is 2.46. The van der Waals surface area contributed by atoms with Crippen LogP contribution in [-0.2, 0) is 0 Å². The fourth-order valence-electron chi connectivity index (χ4n) is 1.61. The molecule has 3 heteroatoms. The fraction of sp³-hybridized carbons (Fsp3) is 0.571. The summed E-state index contributed by atoms with van der Waals surface area (Å²) in [6.45, 7) is 4.86. The molecule has 17 heavy (non-hydrogen) atoms. The Labute approximate surface area is 104 Å². The number of nitrogens with zero attached hydrogens (tertiary/aromatic N) is 1. The highest BCUT2D eigenvalue weighted by atomic mass is 16.5. The van der Waals surface area contributed by atoms with Crippen molar-refractivity contribution < 1.29 is 9.84 Å². The average Bonchev–Trinajstić information content (AvgIpc) is 2.25. The summed E-state index contributed by atoms with van der Waals surface area (Å²) in [5, 5.41) is 10.0. The molecule has 1 aromatic rings. The van der Waals surface area contributed by atoms with Gasteiger partial charge >= 0.3 is 0 Å². The van der Waals surface area contributed by atoms with Gasteiger partial charge in [0.1, 0.15) is 5.75 Å². The maximum Gasteiger partial charge on any atom is 0.120 e. The Hall–Kier alpha value is -1.06. The van der Waals surface area contributed by atoms with Crippen LogP contribution in [0.3, 0.4) is 0 Å². The Morgan fingerprint density at radius 2 is 2.00 bits per heavy atom. The first-order valence-electron chi connectivity index (χ1n) is 6.08. The van der Waals surface area contributed by atoms with Gasteiger partial charge in [0.05, 0.1) is 12.2 Å². The van der Waals surface area contributed by atoms with Crippen LogP contribution in [0.15, 0.2) is 24.3 Å². The number of hydrogen-bond acceptors (Lipinski definition) is 3. The molecule has 0 aliphatic rings. The lowest BCUT2D eigenvalue weighted by molar-refractivity contribution is 0.153. The van der Waals surface area contributed by atoms with Crippen molar-refractivity contribution in [3.05, 3.63) is 29.8 Å². The molecule has 1 aromatic carbocycles. The van der Waals surface area contributed by atoms with Crippen molar-refractivity contribution in [3.63, 3.8) is 0 Å². The van der Waals surface area contributed by atoms with Gasteiger partial charge in [0.15, 0.2) is 0 Å². The van der Waals surface area contributed by atoms with Crippen LogP contribution >= 0.6 is 0 Å². The molecule has 3 nitrogen and oxygen atoms in total. The number of benzene rings is 1. The molecule has 0 bridgehead atoms. The standard InChI is InChI=1S/C14H23NO2/c1-11(2)17-13-7-5-6-12(10-13)14(16)8-9-15(3)4/h5-7,10-11,14,16H,8-9H2,1-4H3. The van der Waals surface area contributed by atoms with E-state index < -0.39 is 6.10 Å². The van der Waals surface area contributed by atoms with E-state index in [9.17, 15) is 5.11 Å². The molecule has 1 atom stereocenters. The zero-order valence-corrected chi connectivity index (χ0v) is 11.2. The van der Waals surface area contributed by atoms with E-state index in [2.05, 4.69) is 4.90 Å². The average molecular weight is 237 g/mol. The van der Waals surface area contributed by atoms with Crippen LogP contribution in [0.4, 0.5) is 0 Å². The summed E-state index contributed by atoms with van der Waals surface area (Å²) >= 11 is 0. The van der Waals surface area contributed by atoms with Crippen LogP contribution in [0.1, 0.15) is 31.9 Å². The second-order valence-electron chi connectivity index (χ2n) is 4.85. The van der Waals surface area contributed by atoms with Crippen molar-refractivity contribution >= 4 is 0 Å². The van der Waals surface area contributed by atoms with Gasteiger partial charge in [-0.1, -0.05) is 12.1 Å². The monoisotopic (exact) mass is 237 g/mol. The highest BCUT2D eigenvalue weighted by molar-refractivity contribution is 5.30. The molecule has 0 aliphatic carbocycles. The Bertz CT molecular complexity index is 337. The molecule has 0 amide bonds. The van der Waals surface area contributed by atoms with Crippen LogP contribution in [0.5, 0.6) is 5.75 Å². The van der Waals surface area contributed by atoms with Crippen LogP contribution in [0.25, 0.3) is 0 Å². The van der Waals surface area contributed by atoms with Crippen molar-refractivity contribution in [3.8, 4) is 5.75 Å². The number of hydrogen-bond donors (Lipinski definition) is 1. The molecule has 1 unspecified atom stereocenters. The second kappa shape index (κ2) is 6.62. The Morgan fingerprint density at radius 3 is 2.59 bits per heavy atom. The van der Waals surface area contributed by atoms with Gasteiger partial charge in [0.2, 0.25) is 0 Å². The van der Waals surface area contributed by atoms with E-state index in [0.29, 0.717) is 0 Å². The molecule has 0 fully saturated rings. The van der Waals surface area contributed by atoms with Crippen molar-refractivity contribution in [2.75, 3.05) is 20.6 Å². The minimum absolute atomic E-state index is 0.157. The van der Waals surface area contributed by atoms with Gasteiger partial charge in [0, 0.05) is 6.54 Å². The lowest BCUT2D eigenvalue weighted by atomic mass is 10.1. The minimum Gasteiger partial charge on any atom is -0.491 e. The molecule has 0 saturated heterocycles. The highest BCUT2D eigenvalue weighted by Gasteiger charge is 2.09. The maximum atomic E-state index is 10.0. The maximum absolute atomic E-state index is 10.0. The smallest absolute Gasteiger partial charge is 0.120 e. The first-order valence-corrected chi connectivity index (χ1v) is 6.08. The third kappa shape index (κ3) is 5.20. The van der Waals surface area contributed by atoms with E-state index in [4.69, 9.17) is 4.74 Å². The molecule has 0 aromatic heterocycles. The lowest BCUT2D eigenvalue weighted by Gasteiger charge is -2.16. The summed E-state index contributed by atoms with van der Waals surface area (Å²) in [7, 11) is 4.01. The minimum atomic E-state index is -0.423. The number of aliphatic hydroxyl groups is 1. The molecule has 0 radical (unpaired) electrons. The van der Waals surface area contributed by atoms with Gasteiger partial charge in [-0.2, -0.15) is 0 Å². The molecule has 1 rings (SSSR count). The Kier molecular flexibility index (Phi) is 5.45. The molecule has 0 spiro atoms. The van der Waals surface area contributed by atoms with Gasteiger partial charge < -0.3 is 14.7 Å². The number of ether oxygens (including phenoxy) is 1. The number of aliphatic hydroxyl groups excluding tert-OH is 1. The van der Waals surface area contributed by atoms with Gasteiger partial charge in [-0.05, 0) is 52.1 Å². The normalized spacial score (nSPS) is 13.1. The van der Waals surface area contributed by atoms with E-state index in [0.717, 1.165) is 24.3 Å². The SMILES string of the molecule is CC(C)Oc1cccc(C(O)CCN(C)C)c1. The zero-order valence-electron chi connectivity index (χ0n) is 11.2. The van der Waals surface area contributed by atoms with Crippen LogP contribution in [0, 0.1) is 0 Å². The Balaban J connectivity index is 2.63. The topological polar surface area (TPSA) is 32.7 Å². The summed E-state index contributed by atoms with van der Waals surface area (Å²) < 4.78 is 5.61. The van der Waals surface area contributed by atoms with Crippen molar-refractivity contribution in [2.24, 2.45) is 0 Å². The quantitative estimate of drug-likeness (QED) is 0.825. The Morgan fingerprint density at radius 1 is 1.29 bits per heavy atom. The van der Waals surface area contributed by atoms with Crippen LogP contribution in [-0.4, -0.2) is 36.8 Å². The molecule has 0 heterocycles. The summed E-state index contributed by atoms with van der Waals surface area (Å²) in [4.78, 5) is 2.07. The third-order valence-corrected chi connectivity index (χ3v) is 2.46. The molecule has 0 aliphatic heterocycles. The van der Waals surface area contributed by atoms with Crippen molar-refractivity contribution in [2.45, 2.75) is 32.5 Å². The van der Waals surface area contributed by atoms with E-state index in [-0.39, 0.29) is 6.10 Å². The highest BCUT2D eigenvalue weighted by Crippen LogP contribution is 2.22. The molecular formula is C14H23NO2. The van der Waals surface area contributed by atoms with Gasteiger partial charge in [-0.15, -0.1) is 0 Å². The van der Waals surface area contributed by atoms with E-state index in [1.165, 1.54) is 0 Å². The molecular weight excluding hydrogens is 214 g/mol. The molecule has 96 valence electrons. The van der Waals surface area contributed by atoms with Gasteiger partial charge in [0.25, 0.3) is 0 Å². The van der Waals surface area contributed by atoms with E-state index >= 15 is 0 Å². The fourth-order valence-corrected chi connectivity index (χ4v) is 1.61. The number of rotatable bonds is 6. The lowest BCUT2D eigenvalue weighted by Crippen LogP contribution is -2.16. The predicted molar refractivity (Wildman–Crippen MR) is 70.3 cm³/mol. The summed E-state index contributed by atoms with van der Waals surface area (Å²) in [5.74, 6) is 0.821. The predicted octanol–water partition coefficient (Wildman–Crippen LogP) is 2.46. The second-order valence-corrected chi connectivity index (χ2v) is 4.85. The van der Waals surface area contributed by atoms with Crippen molar-refractivity contribution in [1.82, 2.24) is 4.90 Å². The molecule has 0 saturated carbocycles. The van der Waals surface area contributed by atoms with Crippen molar-refractivity contribution in [1.29, 1.82) is 0 Å². The zero-order chi connectivity index (χ0) is 12.8. The van der Waals surface area contributed by atoms with Gasteiger partial charge in [-0.3, -0.25) is 0 Å².